The largest absolute Gasteiger partial charge is 0.489 e. The molecule has 0 saturated carbocycles. The third kappa shape index (κ3) is 4.00. The number of esters is 1. The van der Waals surface area contributed by atoms with Gasteiger partial charge in [-0.1, -0.05) is 0 Å². The van der Waals surface area contributed by atoms with Crippen molar-refractivity contribution in [3.8, 4) is 5.75 Å². The molecule has 134 valence electrons. The van der Waals surface area contributed by atoms with E-state index < -0.39 is 0 Å². The molecule has 6 nitrogen and oxygen atoms in total. The van der Waals surface area contributed by atoms with E-state index >= 15 is 0 Å². The van der Waals surface area contributed by atoms with Crippen molar-refractivity contribution in [1.82, 2.24) is 10.3 Å². The van der Waals surface area contributed by atoms with Crippen LogP contribution in [-0.2, 0) is 11.3 Å². The molecule has 1 aromatic carbocycles. The van der Waals surface area contributed by atoms with E-state index in [1.165, 1.54) is 11.3 Å². The molecule has 26 heavy (non-hydrogen) atoms. The summed E-state index contributed by atoms with van der Waals surface area (Å²) in [6, 6.07) is 11.0. The maximum Gasteiger partial charge on any atom is 0.348 e. The van der Waals surface area contributed by atoms with Crippen LogP contribution in [0.1, 0.15) is 32.6 Å². The Hall–Kier alpha value is -2.93. The standard InChI is InChI=1S/C19H18N2O4S/c1-3-24-19(23)17-9-13-4-5-14(10-16(13)26-17)25-11-12-6-7-21-15(8-12)18(22)20-2/h4-10H,3,11H2,1-2H3,(H,20,22). The lowest BCUT2D eigenvalue weighted by Crippen LogP contribution is -2.19. The van der Waals surface area contributed by atoms with Crippen molar-refractivity contribution in [3.63, 3.8) is 0 Å². The van der Waals surface area contributed by atoms with Crippen LogP contribution in [0.3, 0.4) is 0 Å². The highest BCUT2D eigenvalue weighted by Gasteiger charge is 2.12. The van der Waals surface area contributed by atoms with Gasteiger partial charge in [0.1, 0.15) is 22.9 Å². The second-order valence-electron chi connectivity index (χ2n) is 5.45. The smallest absolute Gasteiger partial charge is 0.348 e. The zero-order valence-corrected chi connectivity index (χ0v) is 15.3. The maximum absolute atomic E-state index is 11.8. The average molecular weight is 370 g/mol. The highest BCUT2D eigenvalue weighted by atomic mass is 32.1. The van der Waals surface area contributed by atoms with Crippen molar-refractivity contribution >= 4 is 33.3 Å². The fraction of sp³-hybridized carbons (Fsp3) is 0.211. The Morgan fingerprint density at radius 1 is 1.19 bits per heavy atom. The Labute approximate surface area is 154 Å². The quantitative estimate of drug-likeness (QED) is 0.673. The number of carbonyl (C=O) groups excluding carboxylic acids is 2. The molecule has 7 heteroatoms. The number of hydrogen-bond donors (Lipinski definition) is 1. The number of ether oxygens (including phenoxy) is 2. The number of pyridine rings is 1. The summed E-state index contributed by atoms with van der Waals surface area (Å²) in [7, 11) is 1.56. The Kier molecular flexibility index (Phi) is 5.48. The molecular formula is C19H18N2O4S. The highest BCUT2D eigenvalue weighted by molar-refractivity contribution is 7.20. The highest BCUT2D eigenvalue weighted by Crippen LogP contribution is 2.30. The normalized spacial score (nSPS) is 10.5. The minimum atomic E-state index is -0.310. The van der Waals surface area contributed by atoms with Crippen LogP contribution in [0.5, 0.6) is 5.75 Å². The molecule has 1 N–H and O–H groups in total. The number of nitrogens with one attached hydrogen (secondary N) is 1. The second kappa shape index (κ2) is 7.97. The molecule has 0 atom stereocenters. The van der Waals surface area contributed by atoms with Gasteiger partial charge in [-0.2, -0.15) is 0 Å². The number of amides is 1. The van der Waals surface area contributed by atoms with Crippen LogP contribution in [-0.4, -0.2) is 30.5 Å². The molecule has 0 aliphatic rings. The van der Waals surface area contributed by atoms with Crippen molar-refractivity contribution in [3.05, 3.63) is 58.7 Å². The van der Waals surface area contributed by atoms with Gasteiger partial charge in [0.05, 0.1) is 6.61 Å². The number of fused-ring (bicyclic) bond motifs is 1. The molecule has 0 fully saturated rings. The molecule has 0 unspecified atom stereocenters. The van der Waals surface area contributed by atoms with Gasteiger partial charge >= 0.3 is 5.97 Å². The monoisotopic (exact) mass is 370 g/mol. The summed E-state index contributed by atoms with van der Waals surface area (Å²) in [5.74, 6) is 0.140. The van der Waals surface area contributed by atoms with Crippen molar-refractivity contribution in [2.75, 3.05) is 13.7 Å². The minimum Gasteiger partial charge on any atom is -0.489 e. The van der Waals surface area contributed by atoms with Gasteiger partial charge in [-0.05, 0) is 54.3 Å². The molecule has 0 aliphatic heterocycles. The summed E-state index contributed by atoms with van der Waals surface area (Å²) in [5.41, 5.74) is 1.19. The summed E-state index contributed by atoms with van der Waals surface area (Å²) >= 11 is 1.37. The number of aromatic nitrogens is 1. The second-order valence-corrected chi connectivity index (χ2v) is 6.53. The van der Waals surface area contributed by atoms with Gasteiger partial charge in [0.15, 0.2) is 0 Å². The van der Waals surface area contributed by atoms with E-state index in [1.54, 1.807) is 32.3 Å². The molecule has 0 bridgehead atoms. The molecule has 0 saturated heterocycles. The predicted octanol–water partition coefficient (Wildman–Crippen LogP) is 3.41. The number of rotatable bonds is 6. The number of nitrogens with zero attached hydrogens (tertiary/aromatic N) is 1. The van der Waals surface area contributed by atoms with Gasteiger partial charge in [-0.15, -0.1) is 11.3 Å². The van der Waals surface area contributed by atoms with Crippen LogP contribution in [0.4, 0.5) is 0 Å². The first-order chi connectivity index (χ1) is 12.6. The van der Waals surface area contributed by atoms with Crippen LogP contribution in [0.15, 0.2) is 42.6 Å². The van der Waals surface area contributed by atoms with Crippen molar-refractivity contribution in [1.29, 1.82) is 0 Å². The molecule has 0 radical (unpaired) electrons. The summed E-state index contributed by atoms with van der Waals surface area (Å²) < 4.78 is 11.8. The topological polar surface area (TPSA) is 77.5 Å². The zero-order chi connectivity index (χ0) is 18.5. The van der Waals surface area contributed by atoms with Crippen LogP contribution in [0, 0.1) is 0 Å². The number of hydrogen-bond acceptors (Lipinski definition) is 6. The summed E-state index contributed by atoms with van der Waals surface area (Å²) in [5, 5.41) is 3.51. The third-order valence-electron chi connectivity index (χ3n) is 3.66. The molecule has 1 amide bonds. The first-order valence-corrected chi connectivity index (χ1v) is 8.93. The summed E-state index contributed by atoms with van der Waals surface area (Å²) in [6.07, 6.45) is 1.58. The van der Waals surface area contributed by atoms with E-state index in [2.05, 4.69) is 10.3 Å². The molecule has 2 heterocycles. The lowest BCUT2D eigenvalue weighted by atomic mass is 10.2. The summed E-state index contributed by atoms with van der Waals surface area (Å²) in [6.45, 7) is 2.45. The van der Waals surface area contributed by atoms with Gasteiger partial charge in [-0.3, -0.25) is 9.78 Å². The SMILES string of the molecule is CCOC(=O)c1cc2ccc(OCc3ccnc(C(=O)NC)c3)cc2s1. The maximum atomic E-state index is 11.8. The van der Waals surface area contributed by atoms with Gasteiger partial charge in [0, 0.05) is 17.9 Å². The first kappa shape index (κ1) is 17.9. The van der Waals surface area contributed by atoms with Gasteiger partial charge in [0.2, 0.25) is 0 Å². The number of carbonyl (C=O) groups is 2. The minimum absolute atomic E-state index is 0.238. The van der Waals surface area contributed by atoms with Gasteiger partial charge in [-0.25, -0.2) is 4.79 Å². The number of thiophene rings is 1. The fourth-order valence-corrected chi connectivity index (χ4v) is 3.37. The average Bonchev–Trinajstić information content (AvgIpc) is 3.09. The Morgan fingerprint density at radius 2 is 2.04 bits per heavy atom. The van der Waals surface area contributed by atoms with E-state index in [-0.39, 0.29) is 11.9 Å². The Balaban J connectivity index is 1.73. The molecule has 3 rings (SSSR count). The van der Waals surface area contributed by atoms with Crippen LogP contribution in [0.2, 0.25) is 0 Å². The van der Waals surface area contributed by atoms with E-state index in [0.29, 0.717) is 29.5 Å². The zero-order valence-electron chi connectivity index (χ0n) is 14.4. The molecule has 2 aromatic heterocycles. The van der Waals surface area contributed by atoms with Crippen molar-refractivity contribution < 1.29 is 19.1 Å². The van der Waals surface area contributed by atoms with Gasteiger partial charge in [0.25, 0.3) is 5.91 Å². The van der Waals surface area contributed by atoms with Gasteiger partial charge < -0.3 is 14.8 Å². The Morgan fingerprint density at radius 3 is 2.81 bits per heavy atom. The predicted molar refractivity (Wildman–Crippen MR) is 99.7 cm³/mol. The Bertz CT molecular complexity index is 952. The molecule has 0 aliphatic carbocycles. The van der Waals surface area contributed by atoms with Crippen molar-refractivity contribution in [2.24, 2.45) is 0 Å². The lowest BCUT2D eigenvalue weighted by Gasteiger charge is -2.07. The summed E-state index contributed by atoms with van der Waals surface area (Å²) in [4.78, 5) is 28.1. The molecule has 3 aromatic rings. The van der Waals surface area contributed by atoms with E-state index in [1.807, 2.05) is 24.3 Å². The number of benzene rings is 1. The molecular weight excluding hydrogens is 352 g/mol. The van der Waals surface area contributed by atoms with E-state index in [0.717, 1.165) is 15.6 Å². The lowest BCUT2D eigenvalue weighted by molar-refractivity contribution is 0.0532. The van der Waals surface area contributed by atoms with Crippen LogP contribution < -0.4 is 10.1 Å². The fourth-order valence-electron chi connectivity index (χ4n) is 2.39. The van der Waals surface area contributed by atoms with Crippen LogP contribution in [0.25, 0.3) is 10.1 Å². The molecule has 0 spiro atoms. The first-order valence-electron chi connectivity index (χ1n) is 8.11. The van der Waals surface area contributed by atoms with Crippen LogP contribution >= 0.6 is 11.3 Å². The van der Waals surface area contributed by atoms with E-state index in [4.69, 9.17) is 9.47 Å². The van der Waals surface area contributed by atoms with Crippen molar-refractivity contribution in [2.45, 2.75) is 13.5 Å². The third-order valence-corrected chi connectivity index (χ3v) is 4.74. The van der Waals surface area contributed by atoms with E-state index in [9.17, 15) is 9.59 Å².